The Kier molecular flexibility index (Phi) is 12.1. The van der Waals surface area contributed by atoms with Gasteiger partial charge in [0.25, 0.3) is 0 Å². The zero-order valence-corrected chi connectivity index (χ0v) is 23.5. The highest BCUT2D eigenvalue weighted by molar-refractivity contribution is 6.01. The van der Waals surface area contributed by atoms with Gasteiger partial charge in [0, 0.05) is 13.5 Å². The molecule has 0 aliphatic rings. The summed E-state index contributed by atoms with van der Waals surface area (Å²) in [6, 6.07) is 18.4. The van der Waals surface area contributed by atoms with Gasteiger partial charge >= 0.3 is 6.09 Å². The summed E-state index contributed by atoms with van der Waals surface area (Å²) in [6.45, 7) is 3.73. The second-order valence-corrected chi connectivity index (χ2v) is 10.00. The molecule has 0 spiro atoms. The van der Waals surface area contributed by atoms with Crippen molar-refractivity contribution in [2.75, 3.05) is 13.7 Å². The molecule has 0 fully saturated rings. The first-order valence-electron chi connectivity index (χ1n) is 13.4. The number of Topliss-reactive ketones (excluding diaryl/α,β-unsaturated/α-hetero) is 1. The molecule has 2 aromatic carbocycles. The van der Waals surface area contributed by atoms with Crippen molar-refractivity contribution in [1.82, 2.24) is 16.0 Å². The SMILES string of the molecule is COC[C@H](NC(=O)[C@H](Cc1ccccc1)NC(=O)OCc1ccccc1)C(=O)N[C@@H](CC(C)C)C(=O)c1ccco1. The van der Waals surface area contributed by atoms with Crippen LogP contribution < -0.4 is 16.0 Å². The maximum Gasteiger partial charge on any atom is 0.408 e. The largest absolute Gasteiger partial charge is 0.461 e. The van der Waals surface area contributed by atoms with Gasteiger partial charge in [-0.05, 0) is 35.6 Å². The van der Waals surface area contributed by atoms with Crippen LogP contribution in [0.25, 0.3) is 0 Å². The molecule has 3 atom stereocenters. The van der Waals surface area contributed by atoms with Gasteiger partial charge in [-0.1, -0.05) is 74.5 Å². The second kappa shape index (κ2) is 16.0. The summed E-state index contributed by atoms with van der Waals surface area (Å²) < 4.78 is 15.8. The van der Waals surface area contributed by atoms with Crippen LogP contribution in [0.15, 0.2) is 83.5 Å². The predicted molar refractivity (Wildman–Crippen MR) is 152 cm³/mol. The van der Waals surface area contributed by atoms with Crippen LogP contribution in [0.4, 0.5) is 4.79 Å². The van der Waals surface area contributed by atoms with Gasteiger partial charge in [-0.15, -0.1) is 0 Å². The molecule has 0 unspecified atom stereocenters. The van der Waals surface area contributed by atoms with E-state index in [2.05, 4.69) is 16.0 Å². The molecule has 0 saturated heterocycles. The van der Waals surface area contributed by atoms with Crippen molar-refractivity contribution in [2.45, 2.75) is 51.4 Å². The van der Waals surface area contributed by atoms with E-state index in [1.165, 1.54) is 19.4 Å². The lowest BCUT2D eigenvalue weighted by Gasteiger charge is -2.25. The monoisotopic (exact) mass is 563 g/mol. The minimum atomic E-state index is -1.13. The average Bonchev–Trinajstić information content (AvgIpc) is 3.51. The van der Waals surface area contributed by atoms with Crippen molar-refractivity contribution >= 4 is 23.7 Å². The standard InChI is InChI=1S/C31H37N3O7/c1-21(2)17-24(28(35)27-15-10-16-40-27)32-30(37)26(20-39-3)33-29(36)25(18-22-11-6-4-7-12-22)34-31(38)41-19-23-13-8-5-9-14-23/h4-16,21,24-26H,17-20H2,1-3H3,(H,32,37)(H,33,36)(H,34,38)/t24-,25-,26-/m0/s1. The van der Waals surface area contributed by atoms with Crippen molar-refractivity contribution in [3.8, 4) is 0 Å². The number of benzene rings is 2. The number of furan rings is 1. The van der Waals surface area contributed by atoms with E-state index in [4.69, 9.17) is 13.9 Å². The van der Waals surface area contributed by atoms with Gasteiger partial charge in [0.2, 0.25) is 17.6 Å². The number of amides is 3. The van der Waals surface area contributed by atoms with Crippen molar-refractivity contribution in [2.24, 2.45) is 5.92 Å². The number of carbonyl (C=O) groups is 4. The molecule has 3 amide bonds. The van der Waals surface area contributed by atoms with Crippen LogP contribution in [-0.4, -0.2) is 55.5 Å². The molecular weight excluding hydrogens is 526 g/mol. The highest BCUT2D eigenvalue weighted by Crippen LogP contribution is 2.13. The minimum Gasteiger partial charge on any atom is -0.461 e. The van der Waals surface area contributed by atoms with Gasteiger partial charge in [0.1, 0.15) is 18.7 Å². The molecular formula is C31H37N3O7. The number of alkyl carbamates (subject to hydrolysis) is 1. The number of hydrogen-bond donors (Lipinski definition) is 3. The Morgan fingerprint density at radius 2 is 1.37 bits per heavy atom. The summed E-state index contributed by atoms with van der Waals surface area (Å²) in [5, 5.41) is 8.02. The third kappa shape index (κ3) is 10.2. The van der Waals surface area contributed by atoms with Crippen molar-refractivity contribution < 1.29 is 33.1 Å². The highest BCUT2D eigenvalue weighted by Gasteiger charge is 2.31. The molecule has 1 aromatic heterocycles. The molecule has 218 valence electrons. The Morgan fingerprint density at radius 1 is 0.756 bits per heavy atom. The number of rotatable bonds is 15. The first kappa shape index (κ1) is 31.1. The number of methoxy groups -OCH3 is 1. The lowest BCUT2D eigenvalue weighted by atomic mass is 9.98. The van der Waals surface area contributed by atoms with E-state index in [1.54, 1.807) is 6.07 Å². The third-order valence-corrected chi connectivity index (χ3v) is 6.17. The van der Waals surface area contributed by atoms with Gasteiger partial charge in [0.05, 0.1) is 18.9 Å². The van der Waals surface area contributed by atoms with E-state index in [0.717, 1.165) is 11.1 Å². The molecule has 0 saturated carbocycles. The van der Waals surface area contributed by atoms with Gasteiger partial charge in [0.15, 0.2) is 5.76 Å². The van der Waals surface area contributed by atoms with Crippen LogP contribution >= 0.6 is 0 Å². The highest BCUT2D eigenvalue weighted by atomic mass is 16.5. The van der Waals surface area contributed by atoms with Gasteiger partial charge in [-0.3, -0.25) is 14.4 Å². The first-order chi connectivity index (χ1) is 19.8. The normalized spacial score (nSPS) is 13.1. The Balaban J connectivity index is 1.71. The Morgan fingerprint density at radius 3 is 1.95 bits per heavy atom. The maximum absolute atomic E-state index is 13.4. The molecule has 10 heteroatoms. The summed E-state index contributed by atoms with van der Waals surface area (Å²) in [7, 11) is 1.40. The van der Waals surface area contributed by atoms with E-state index in [0.29, 0.717) is 6.42 Å². The zero-order valence-electron chi connectivity index (χ0n) is 23.5. The molecule has 0 aliphatic heterocycles. The molecule has 41 heavy (non-hydrogen) atoms. The van der Waals surface area contributed by atoms with Crippen molar-refractivity contribution in [3.63, 3.8) is 0 Å². The molecule has 3 rings (SSSR count). The molecule has 0 bridgehead atoms. The lowest BCUT2D eigenvalue weighted by molar-refractivity contribution is -0.131. The Hall–Kier alpha value is -4.44. The van der Waals surface area contributed by atoms with Crippen LogP contribution in [0.3, 0.4) is 0 Å². The van der Waals surface area contributed by atoms with Gasteiger partial charge < -0.3 is 29.8 Å². The summed E-state index contributed by atoms with van der Waals surface area (Å²) in [4.78, 5) is 52.4. The molecule has 1 heterocycles. The smallest absolute Gasteiger partial charge is 0.408 e. The van der Waals surface area contributed by atoms with E-state index < -0.39 is 36.0 Å². The first-order valence-corrected chi connectivity index (χ1v) is 13.4. The number of carbonyl (C=O) groups excluding carboxylic acids is 4. The van der Waals surface area contributed by atoms with Crippen LogP contribution in [0.1, 0.15) is 41.9 Å². The van der Waals surface area contributed by atoms with Crippen LogP contribution in [0.2, 0.25) is 0 Å². The summed E-state index contributed by atoms with van der Waals surface area (Å²) in [5.74, 6) is -1.36. The lowest BCUT2D eigenvalue weighted by Crippen LogP contribution is -2.57. The van der Waals surface area contributed by atoms with E-state index in [1.807, 2.05) is 74.5 Å². The van der Waals surface area contributed by atoms with Gasteiger partial charge in [-0.25, -0.2) is 4.79 Å². The number of nitrogens with one attached hydrogen (secondary N) is 3. The number of hydrogen-bond acceptors (Lipinski definition) is 7. The Bertz CT molecular complexity index is 1250. The average molecular weight is 564 g/mol. The van der Waals surface area contributed by atoms with E-state index >= 15 is 0 Å². The number of ketones is 1. The fourth-order valence-electron chi connectivity index (χ4n) is 4.15. The maximum atomic E-state index is 13.4. The summed E-state index contributed by atoms with van der Waals surface area (Å²) in [6.07, 6.45) is 1.13. The fourth-order valence-corrected chi connectivity index (χ4v) is 4.15. The molecule has 0 radical (unpaired) electrons. The molecule has 10 nitrogen and oxygen atoms in total. The van der Waals surface area contributed by atoms with Gasteiger partial charge in [-0.2, -0.15) is 0 Å². The molecule has 0 aliphatic carbocycles. The predicted octanol–water partition coefficient (Wildman–Crippen LogP) is 3.66. The Labute approximate surface area is 239 Å². The molecule has 3 aromatic rings. The van der Waals surface area contributed by atoms with Crippen LogP contribution in [0, 0.1) is 5.92 Å². The topological polar surface area (TPSA) is 136 Å². The van der Waals surface area contributed by atoms with E-state index in [-0.39, 0.29) is 37.1 Å². The fraction of sp³-hybridized carbons (Fsp3) is 0.355. The number of ether oxygens (including phenoxy) is 2. The molecule has 3 N–H and O–H groups in total. The summed E-state index contributed by atoms with van der Waals surface area (Å²) >= 11 is 0. The van der Waals surface area contributed by atoms with Crippen molar-refractivity contribution in [3.05, 3.63) is 95.9 Å². The summed E-state index contributed by atoms with van der Waals surface area (Å²) in [5.41, 5.74) is 1.59. The van der Waals surface area contributed by atoms with Crippen molar-refractivity contribution in [1.29, 1.82) is 0 Å². The zero-order chi connectivity index (χ0) is 29.6. The van der Waals surface area contributed by atoms with Crippen LogP contribution in [-0.2, 0) is 32.1 Å². The van der Waals surface area contributed by atoms with Crippen LogP contribution in [0.5, 0.6) is 0 Å². The van der Waals surface area contributed by atoms with E-state index in [9.17, 15) is 19.2 Å². The second-order valence-electron chi connectivity index (χ2n) is 10.00. The third-order valence-electron chi connectivity index (χ3n) is 6.17. The minimum absolute atomic E-state index is 0.0298. The quantitative estimate of drug-likeness (QED) is 0.240.